The van der Waals surface area contributed by atoms with E-state index in [1.54, 1.807) is 30.4 Å². The molecule has 0 spiro atoms. The summed E-state index contributed by atoms with van der Waals surface area (Å²) < 4.78 is 26.4. The van der Waals surface area contributed by atoms with Crippen LogP contribution in [-0.4, -0.2) is 21.5 Å². The van der Waals surface area contributed by atoms with Crippen molar-refractivity contribution in [3.05, 3.63) is 40.6 Å². The van der Waals surface area contributed by atoms with E-state index in [-0.39, 0.29) is 4.90 Å². The van der Waals surface area contributed by atoms with Gasteiger partial charge in [-0.15, -0.1) is 11.3 Å². The van der Waals surface area contributed by atoms with Crippen LogP contribution in [0.5, 0.6) is 0 Å². The van der Waals surface area contributed by atoms with Gasteiger partial charge < -0.3 is 11.1 Å². The van der Waals surface area contributed by atoms with E-state index >= 15 is 0 Å². The Morgan fingerprint density at radius 2 is 2.10 bits per heavy atom. The molecule has 7 heteroatoms. The number of hydrogen-bond donors (Lipinski definition) is 3. The summed E-state index contributed by atoms with van der Waals surface area (Å²) in [4.78, 5) is 1.50. The van der Waals surface area contributed by atoms with Crippen molar-refractivity contribution in [3.63, 3.8) is 0 Å². The van der Waals surface area contributed by atoms with Gasteiger partial charge in [0.1, 0.15) is 0 Å². The number of nitrogen functional groups attached to an aromatic ring is 1. The second-order valence-corrected chi connectivity index (χ2v) is 7.31. The van der Waals surface area contributed by atoms with Crippen LogP contribution < -0.4 is 15.8 Å². The van der Waals surface area contributed by atoms with Crippen molar-refractivity contribution < 1.29 is 8.42 Å². The highest BCUT2D eigenvalue weighted by molar-refractivity contribution is 7.89. The lowest BCUT2D eigenvalue weighted by molar-refractivity contribution is 0.584. The minimum absolute atomic E-state index is 0.220. The van der Waals surface area contributed by atoms with Gasteiger partial charge in [0.2, 0.25) is 10.0 Å². The van der Waals surface area contributed by atoms with Crippen molar-refractivity contribution in [2.45, 2.75) is 18.2 Å². The topological polar surface area (TPSA) is 84.2 Å². The molecule has 0 unspecified atom stereocenters. The second kappa shape index (κ2) is 6.93. The Morgan fingerprint density at radius 3 is 2.76 bits per heavy atom. The first-order valence-corrected chi connectivity index (χ1v) is 9.04. The predicted molar refractivity (Wildman–Crippen MR) is 88.2 cm³/mol. The summed E-state index contributed by atoms with van der Waals surface area (Å²) in [5.41, 5.74) is 7.07. The summed E-state index contributed by atoms with van der Waals surface area (Å²) in [5, 5.41) is 5.23. The van der Waals surface area contributed by atoms with Crippen LogP contribution in [0.2, 0.25) is 0 Å². The Hall–Kier alpha value is -1.57. The number of nitrogens with two attached hydrogens (primary N) is 1. The zero-order chi connectivity index (χ0) is 15.3. The molecular weight excluding hydrogens is 306 g/mol. The summed E-state index contributed by atoms with van der Waals surface area (Å²) in [6.07, 6.45) is 0.876. The van der Waals surface area contributed by atoms with Crippen molar-refractivity contribution in [1.29, 1.82) is 0 Å². The third kappa shape index (κ3) is 4.20. The lowest BCUT2D eigenvalue weighted by Gasteiger charge is -2.11. The van der Waals surface area contributed by atoms with Crippen LogP contribution >= 0.6 is 11.3 Å². The number of rotatable bonds is 7. The van der Waals surface area contributed by atoms with E-state index in [1.807, 2.05) is 11.4 Å². The van der Waals surface area contributed by atoms with Gasteiger partial charge in [-0.2, -0.15) is 0 Å². The fraction of sp³-hybridized carbons (Fsp3) is 0.286. The highest BCUT2D eigenvalue weighted by Gasteiger charge is 2.14. The fourth-order valence-corrected chi connectivity index (χ4v) is 3.68. The minimum Gasteiger partial charge on any atom is -0.397 e. The van der Waals surface area contributed by atoms with E-state index in [0.717, 1.165) is 6.42 Å². The standard InChI is InChI=1S/C14H19N3O2S2/c1-2-17-21(18,19)12-5-6-13(15)14(10-12)16-8-7-11-4-3-9-20-11/h3-6,9-10,16-17H,2,7-8,15H2,1H3. The molecule has 0 atom stereocenters. The van der Waals surface area contributed by atoms with E-state index < -0.39 is 10.0 Å². The molecule has 2 aromatic rings. The number of sulfonamides is 1. The van der Waals surface area contributed by atoms with E-state index in [1.165, 1.54) is 10.9 Å². The smallest absolute Gasteiger partial charge is 0.240 e. The third-order valence-corrected chi connectivity index (χ3v) is 5.42. The quantitative estimate of drug-likeness (QED) is 0.682. The average molecular weight is 325 g/mol. The molecule has 4 N–H and O–H groups in total. The van der Waals surface area contributed by atoms with Crippen LogP contribution in [0, 0.1) is 0 Å². The molecule has 0 radical (unpaired) electrons. The van der Waals surface area contributed by atoms with Gasteiger partial charge in [0.15, 0.2) is 0 Å². The SMILES string of the molecule is CCNS(=O)(=O)c1ccc(N)c(NCCc2cccs2)c1. The van der Waals surface area contributed by atoms with Crippen LogP contribution in [0.15, 0.2) is 40.6 Å². The van der Waals surface area contributed by atoms with E-state index in [9.17, 15) is 8.42 Å². The van der Waals surface area contributed by atoms with Gasteiger partial charge in [0.25, 0.3) is 0 Å². The number of hydrogen-bond acceptors (Lipinski definition) is 5. The van der Waals surface area contributed by atoms with E-state index in [2.05, 4.69) is 16.1 Å². The zero-order valence-corrected chi connectivity index (χ0v) is 13.4. The molecule has 0 aliphatic rings. The molecule has 114 valence electrons. The van der Waals surface area contributed by atoms with Crippen molar-refractivity contribution in [2.24, 2.45) is 0 Å². The normalized spacial score (nSPS) is 11.5. The third-order valence-electron chi connectivity index (χ3n) is 2.94. The molecule has 0 aliphatic carbocycles. The predicted octanol–water partition coefficient (Wildman–Crippen LogP) is 2.28. The fourth-order valence-electron chi connectivity index (χ4n) is 1.90. The zero-order valence-electron chi connectivity index (χ0n) is 11.8. The van der Waals surface area contributed by atoms with E-state index in [4.69, 9.17) is 5.73 Å². The molecule has 0 bridgehead atoms. The number of thiophene rings is 1. The highest BCUT2D eigenvalue weighted by atomic mass is 32.2. The van der Waals surface area contributed by atoms with E-state index in [0.29, 0.717) is 24.5 Å². The molecule has 0 fully saturated rings. The first-order chi connectivity index (χ1) is 10.0. The number of nitrogens with one attached hydrogen (secondary N) is 2. The Morgan fingerprint density at radius 1 is 1.29 bits per heavy atom. The maximum absolute atomic E-state index is 12.0. The Labute approximate surface area is 129 Å². The molecule has 1 heterocycles. The minimum atomic E-state index is -3.46. The summed E-state index contributed by atoms with van der Waals surface area (Å²) in [6, 6.07) is 8.77. The molecule has 1 aromatic heterocycles. The molecule has 5 nitrogen and oxygen atoms in total. The highest BCUT2D eigenvalue weighted by Crippen LogP contribution is 2.23. The molecule has 0 aliphatic heterocycles. The molecule has 0 amide bonds. The van der Waals surface area contributed by atoms with Crippen molar-refractivity contribution in [3.8, 4) is 0 Å². The van der Waals surface area contributed by atoms with Crippen molar-refractivity contribution >= 4 is 32.7 Å². The Balaban J connectivity index is 2.08. The van der Waals surface area contributed by atoms with Gasteiger partial charge in [-0.1, -0.05) is 13.0 Å². The number of anilines is 2. The molecule has 0 saturated heterocycles. The Kier molecular flexibility index (Phi) is 5.22. The lowest BCUT2D eigenvalue weighted by Crippen LogP contribution is -2.23. The maximum atomic E-state index is 12.0. The largest absolute Gasteiger partial charge is 0.397 e. The monoisotopic (exact) mass is 325 g/mol. The van der Waals surface area contributed by atoms with Gasteiger partial charge in [-0.05, 0) is 36.1 Å². The van der Waals surface area contributed by atoms with Gasteiger partial charge in [0, 0.05) is 18.0 Å². The van der Waals surface area contributed by atoms with Crippen LogP contribution in [0.25, 0.3) is 0 Å². The van der Waals surface area contributed by atoms with Crippen LogP contribution in [0.3, 0.4) is 0 Å². The van der Waals surface area contributed by atoms with Crippen LogP contribution in [0.1, 0.15) is 11.8 Å². The van der Waals surface area contributed by atoms with Gasteiger partial charge in [-0.3, -0.25) is 0 Å². The van der Waals surface area contributed by atoms with Crippen LogP contribution in [-0.2, 0) is 16.4 Å². The molecule has 2 rings (SSSR count). The maximum Gasteiger partial charge on any atom is 0.240 e. The first-order valence-electron chi connectivity index (χ1n) is 6.68. The molecular formula is C14H19N3O2S2. The van der Waals surface area contributed by atoms with Gasteiger partial charge >= 0.3 is 0 Å². The summed E-state index contributed by atoms with van der Waals surface area (Å²) in [5.74, 6) is 0. The first kappa shape index (κ1) is 15.8. The lowest BCUT2D eigenvalue weighted by atomic mass is 10.2. The van der Waals surface area contributed by atoms with Gasteiger partial charge in [0.05, 0.1) is 16.3 Å². The molecule has 21 heavy (non-hydrogen) atoms. The summed E-state index contributed by atoms with van der Waals surface area (Å²) in [7, 11) is -3.46. The summed E-state index contributed by atoms with van der Waals surface area (Å²) in [6.45, 7) is 2.80. The second-order valence-electron chi connectivity index (χ2n) is 4.51. The molecule has 1 aromatic carbocycles. The van der Waals surface area contributed by atoms with Gasteiger partial charge in [-0.25, -0.2) is 13.1 Å². The Bertz CT molecular complexity index is 682. The average Bonchev–Trinajstić information content (AvgIpc) is 2.94. The van der Waals surface area contributed by atoms with Crippen molar-refractivity contribution in [1.82, 2.24) is 4.72 Å². The molecule has 0 saturated carbocycles. The summed E-state index contributed by atoms with van der Waals surface area (Å²) >= 11 is 1.70. The van der Waals surface area contributed by atoms with Crippen LogP contribution in [0.4, 0.5) is 11.4 Å². The number of benzene rings is 1. The van der Waals surface area contributed by atoms with Crippen molar-refractivity contribution in [2.75, 3.05) is 24.1 Å².